The van der Waals surface area contributed by atoms with Gasteiger partial charge in [0.15, 0.2) is 0 Å². The number of carboxylic acids is 1. The molecule has 1 aliphatic rings. The highest BCUT2D eigenvalue weighted by molar-refractivity contribution is 5.99. The average molecular weight is 428 g/mol. The zero-order valence-corrected chi connectivity index (χ0v) is 18.2. The van der Waals surface area contributed by atoms with E-state index in [1.807, 2.05) is 25.1 Å². The summed E-state index contributed by atoms with van der Waals surface area (Å²) >= 11 is 0. The fraction of sp³-hybridized carbons (Fsp3) is 0.542. The summed E-state index contributed by atoms with van der Waals surface area (Å²) in [6, 6.07) is 7.27. The quantitative estimate of drug-likeness (QED) is 0.616. The Morgan fingerprint density at radius 2 is 2.00 bits per heavy atom. The SMILES string of the molecule is CCCCC(C(=O)O)C(=O)NC1Cc2cn(c3ccccc23)CCCCCCNC1=O. The van der Waals surface area contributed by atoms with Crippen LogP contribution in [0, 0.1) is 5.92 Å². The van der Waals surface area contributed by atoms with Crippen LogP contribution in [-0.2, 0) is 27.3 Å². The van der Waals surface area contributed by atoms with Crippen molar-refractivity contribution < 1.29 is 19.5 Å². The van der Waals surface area contributed by atoms with Crippen LogP contribution in [-0.4, -0.2) is 40.0 Å². The molecule has 0 aliphatic carbocycles. The highest BCUT2D eigenvalue weighted by atomic mass is 16.4. The van der Waals surface area contributed by atoms with E-state index in [0.717, 1.165) is 55.1 Å². The Kier molecular flexibility index (Phi) is 8.09. The molecule has 0 saturated heterocycles. The van der Waals surface area contributed by atoms with Gasteiger partial charge in [0.25, 0.3) is 0 Å². The van der Waals surface area contributed by atoms with E-state index < -0.39 is 23.8 Å². The number of amides is 2. The van der Waals surface area contributed by atoms with Crippen molar-refractivity contribution in [2.45, 2.75) is 70.9 Å². The molecule has 7 heteroatoms. The van der Waals surface area contributed by atoms with Gasteiger partial charge in [0.2, 0.25) is 11.8 Å². The second-order valence-corrected chi connectivity index (χ2v) is 8.37. The number of carboxylic acid groups (broad SMARTS) is 1. The largest absolute Gasteiger partial charge is 0.481 e. The fourth-order valence-corrected chi connectivity index (χ4v) is 4.24. The molecule has 2 aromatic rings. The van der Waals surface area contributed by atoms with Crippen molar-refractivity contribution in [2.75, 3.05) is 6.54 Å². The number of aliphatic carboxylic acids is 1. The summed E-state index contributed by atoms with van der Waals surface area (Å²) in [6.07, 6.45) is 8.20. The van der Waals surface area contributed by atoms with E-state index in [1.165, 1.54) is 0 Å². The van der Waals surface area contributed by atoms with Crippen LogP contribution in [0.15, 0.2) is 30.5 Å². The molecule has 2 amide bonds. The maximum absolute atomic E-state index is 12.9. The van der Waals surface area contributed by atoms with Gasteiger partial charge in [-0.15, -0.1) is 0 Å². The average Bonchev–Trinajstić information content (AvgIpc) is 3.10. The molecule has 31 heavy (non-hydrogen) atoms. The smallest absolute Gasteiger partial charge is 0.316 e. The molecule has 0 saturated carbocycles. The lowest BCUT2D eigenvalue weighted by molar-refractivity contribution is -0.148. The predicted molar refractivity (Wildman–Crippen MR) is 120 cm³/mol. The Morgan fingerprint density at radius 1 is 1.23 bits per heavy atom. The van der Waals surface area contributed by atoms with Crippen molar-refractivity contribution in [1.29, 1.82) is 0 Å². The highest BCUT2D eigenvalue weighted by Crippen LogP contribution is 2.24. The van der Waals surface area contributed by atoms with E-state index in [0.29, 0.717) is 19.4 Å². The van der Waals surface area contributed by atoms with Crippen LogP contribution in [0.5, 0.6) is 0 Å². The number of nitrogens with one attached hydrogen (secondary N) is 2. The minimum Gasteiger partial charge on any atom is -0.481 e. The number of benzene rings is 1. The molecule has 1 aromatic heterocycles. The molecule has 1 aromatic carbocycles. The Bertz CT molecular complexity index is 921. The van der Waals surface area contributed by atoms with Gasteiger partial charge in [-0.25, -0.2) is 0 Å². The summed E-state index contributed by atoms with van der Waals surface area (Å²) in [7, 11) is 0. The molecule has 0 radical (unpaired) electrons. The van der Waals surface area contributed by atoms with Gasteiger partial charge in [-0.3, -0.25) is 14.4 Å². The molecular weight excluding hydrogens is 394 g/mol. The lowest BCUT2D eigenvalue weighted by Crippen LogP contribution is -2.50. The van der Waals surface area contributed by atoms with E-state index in [1.54, 1.807) is 0 Å². The number of carbonyl (C=O) groups excluding carboxylic acids is 2. The monoisotopic (exact) mass is 427 g/mol. The van der Waals surface area contributed by atoms with Crippen molar-refractivity contribution in [1.82, 2.24) is 15.2 Å². The standard InChI is InChI=1S/C24H33N3O4/c1-2-3-10-19(24(30)31)22(28)26-20-15-17-16-27(21-12-7-6-11-18(17)21)14-9-5-4-8-13-25-23(20)29/h6-7,11-12,16,19-20H,2-5,8-10,13-15H2,1H3,(H,25,29)(H,26,28)(H,30,31). The first kappa shape index (κ1) is 22.8. The number of unbranched alkanes of at least 4 members (excludes halogenated alkanes) is 1. The topological polar surface area (TPSA) is 100 Å². The molecule has 3 N–H and O–H groups in total. The van der Waals surface area contributed by atoms with E-state index >= 15 is 0 Å². The Morgan fingerprint density at radius 3 is 2.77 bits per heavy atom. The normalized spacial score (nSPS) is 18.9. The molecule has 0 spiro atoms. The second kappa shape index (κ2) is 11.0. The third kappa shape index (κ3) is 5.87. The first-order valence-electron chi connectivity index (χ1n) is 11.4. The number of aryl methyl sites for hydroxylation is 1. The highest BCUT2D eigenvalue weighted by Gasteiger charge is 2.30. The molecule has 168 valence electrons. The zero-order chi connectivity index (χ0) is 22.2. The van der Waals surface area contributed by atoms with Gasteiger partial charge in [0, 0.05) is 36.6 Å². The molecule has 7 nitrogen and oxygen atoms in total. The third-order valence-corrected chi connectivity index (χ3v) is 6.01. The summed E-state index contributed by atoms with van der Waals surface area (Å²) in [6.45, 7) is 3.43. The van der Waals surface area contributed by atoms with Crippen molar-refractivity contribution in [3.63, 3.8) is 0 Å². The number of nitrogens with zero attached hydrogens (tertiary/aromatic N) is 1. The Balaban J connectivity index is 1.88. The zero-order valence-electron chi connectivity index (χ0n) is 18.2. The van der Waals surface area contributed by atoms with Gasteiger partial charge in [0.1, 0.15) is 12.0 Å². The lowest BCUT2D eigenvalue weighted by atomic mass is 9.99. The van der Waals surface area contributed by atoms with Crippen molar-refractivity contribution >= 4 is 28.7 Å². The van der Waals surface area contributed by atoms with Crippen LogP contribution in [0.25, 0.3) is 10.9 Å². The Hall–Kier alpha value is -2.83. The lowest BCUT2D eigenvalue weighted by Gasteiger charge is -2.21. The summed E-state index contributed by atoms with van der Waals surface area (Å²) < 4.78 is 2.22. The third-order valence-electron chi connectivity index (χ3n) is 6.01. The Labute approximate surface area is 183 Å². The van der Waals surface area contributed by atoms with Crippen LogP contribution in [0.1, 0.15) is 57.4 Å². The first-order valence-corrected chi connectivity index (χ1v) is 11.4. The molecule has 0 fully saturated rings. The van der Waals surface area contributed by atoms with E-state index in [4.69, 9.17) is 0 Å². The number of hydrogen-bond acceptors (Lipinski definition) is 3. The first-order chi connectivity index (χ1) is 15.0. The summed E-state index contributed by atoms with van der Waals surface area (Å²) in [4.78, 5) is 37.3. The minimum absolute atomic E-state index is 0.260. The van der Waals surface area contributed by atoms with Gasteiger partial charge in [-0.05, 0) is 30.9 Å². The maximum atomic E-state index is 12.9. The van der Waals surface area contributed by atoms with E-state index in [9.17, 15) is 19.5 Å². The number of rotatable bonds is 6. The molecular formula is C24H33N3O4. The van der Waals surface area contributed by atoms with Gasteiger partial charge >= 0.3 is 5.97 Å². The minimum atomic E-state index is -1.15. The molecule has 1 aliphatic heterocycles. The predicted octanol–water partition coefficient (Wildman–Crippen LogP) is 3.25. The van der Waals surface area contributed by atoms with Crippen LogP contribution < -0.4 is 10.6 Å². The van der Waals surface area contributed by atoms with Crippen molar-refractivity contribution in [2.24, 2.45) is 5.92 Å². The van der Waals surface area contributed by atoms with E-state index in [-0.39, 0.29) is 12.3 Å². The van der Waals surface area contributed by atoms with Crippen LogP contribution >= 0.6 is 0 Å². The summed E-state index contributed by atoms with van der Waals surface area (Å²) in [5.74, 6) is -3.13. The molecule has 2 heterocycles. The van der Waals surface area contributed by atoms with Crippen molar-refractivity contribution in [3.05, 3.63) is 36.0 Å². The van der Waals surface area contributed by atoms with Gasteiger partial charge in [0.05, 0.1) is 0 Å². The molecule has 2 unspecified atom stereocenters. The van der Waals surface area contributed by atoms with Gasteiger partial charge < -0.3 is 20.3 Å². The van der Waals surface area contributed by atoms with Crippen LogP contribution in [0.2, 0.25) is 0 Å². The molecule has 2 bridgehead atoms. The maximum Gasteiger partial charge on any atom is 0.316 e. The fourth-order valence-electron chi connectivity index (χ4n) is 4.24. The number of para-hydroxylation sites is 1. The molecule has 2 atom stereocenters. The number of hydrogen-bond donors (Lipinski definition) is 3. The number of carbonyl (C=O) groups is 3. The summed E-state index contributed by atoms with van der Waals surface area (Å²) in [5, 5.41) is 16.2. The molecule has 3 rings (SSSR count). The van der Waals surface area contributed by atoms with Gasteiger partial charge in [-0.1, -0.05) is 50.8 Å². The second-order valence-electron chi connectivity index (χ2n) is 8.37. The van der Waals surface area contributed by atoms with Crippen LogP contribution in [0.3, 0.4) is 0 Å². The summed E-state index contributed by atoms with van der Waals surface area (Å²) in [5.41, 5.74) is 2.10. The van der Waals surface area contributed by atoms with E-state index in [2.05, 4.69) is 27.5 Å². The number of fused-ring (bicyclic) bond motifs is 5. The number of aromatic nitrogens is 1. The van der Waals surface area contributed by atoms with Gasteiger partial charge in [-0.2, -0.15) is 0 Å². The van der Waals surface area contributed by atoms with Crippen LogP contribution in [0.4, 0.5) is 0 Å². The van der Waals surface area contributed by atoms with Crippen molar-refractivity contribution in [3.8, 4) is 0 Å².